The van der Waals surface area contributed by atoms with Gasteiger partial charge in [0.05, 0.1) is 17.3 Å². The number of nitrogens with one attached hydrogen (secondary N) is 3. The predicted molar refractivity (Wildman–Crippen MR) is 119 cm³/mol. The maximum Gasteiger partial charge on any atom is 0.276 e. The number of hydrogen-bond donors (Lipinski definition) is 4. The first kappa shape index (κ1) is 22.0. The highest BCUT2D eigenvalue weighted by Crippen LogP contribution is 2.35. The normalized spacial score (nSPS) is 15.4. The number of hydrogen-bond acceptors (Lipinski definition) is 8. The average molecular weight is 452 g/mol. The number of phenolic OH excluding ortho intramolecular Hbond substituents is 1. The number of aromatic hydroxyl groups is 1. The average Bonchev–Trinajstić information content (AvgIpc) is 3.36. The summed E-state index contributed by atoms with van der Waals surface area (Å²) in [6.45, 7) is 2.09. The molecule has 1 atom stereocenters. The van der Waals surface area contributed by atoms with Gasteiger partial charge in [-0.2, -0.15) is 0 Å². The van der Waals surface area contributed by atoms with Gasteiger partial charge >= 0.3 is 0 Å². The lowest BCUT2D eigenvalue weighted by Crippen LogP contribution is -2.29. The lowest BCUT2D eigenvalue weighted by atomic mass is 10.0. The smallest absolute Gasteiger partial charge is 0.276 e. The Morgan fingerprint density at radius 2 is 1.85 bits per heavy atom. The summed E-state index contributed by atoms with van der Waals surface area (Å²) in [5.41, 5.74) is 1.02. The lowest BCUT2D eigenvalue weighted by Gasteiger charge is -2.20. The summed E-state index contributed by atoms with van der Waals surface area (Å²) in [6.07, 6.45) is 0.607. The van der Waals surface area contributed by atoms with Crippen molar-refractivity contribution in [2.45, 2.75) is 19.4 Å². The van der Waals surface area contributed by atoms with E-state index in [0.29, 0.717) is 17.9 Å². The summed E-state index contributed by atoms with van der Waals surface area (Å²) >= 11 is 0. The van der Waals surface area contributed by atoms with Crippen molar-refractivity contribution in [2.75, 3.05) is 26.2 Å². The van der Waals surface area contributed by atoms with Crippen molar-refractivity contribution in [3.05, 3.63) is 58.9 Å². The number of ether oxygens (including phenoxy) is 2. The number of anilines is 1. The zero-order valence-electron chi connectivity index (χ0n) is 18.4. The zero-order valence-corrected chi connectivity index (χ0v) is 18.4. The van der Waals surface area contributed by atoms with Crippen molar-refractivity contribution < 1.29 is 29.0 Å². The van der Waals surface area contributed by atoms with Gasteiger partial charge in [0.2, 0.25) is 6.79 Å². The first-order chi connectivity index (χ1) is 15.8. The number of amides is 3. The third-order valence-corrected chi connectivity index (χ3v) is 5.39. The highest BCUT2D eigenvalue weighted by Gasteiger charge is 2.33. The molecule has 0 bridgehead atoms. The van der Waals surface area contributed by atoms with Crippen molar-refractivity contribution in [2.24, 2.45) is 0 Å². The fraction of sp³-hybridized carbons (Fsp3) is 0.261. The second kappa shape index (κ2) is 8.73. The second-order valence-corrected chi connectivity index (χ2v) is 7.78. The molecular formula is C23H24N4O6. The van der Waals surface area contributed by atoms with Crippen LogP contribution in [0.1, 0.15) is 35.3 Å². The van der Waals surface area contributed by atoms with Gasteiger partial charge in [-0.3, -0.25) is 19.7 Å². The molecule has 10 nitrogen and oxygen atoms in total. The van der Waals surface area contributed by atoms with Crippen LogP contribution >= 0.6 is 0 Å². The molecule has 0 saturated heterocycles. The van der Waals surface area contributed by atoms with E-state index in [1.54, 1.807) is 26.2 Å². The summed E-state index contributed by atoms with van der Waals surface area (Å²) in [5.74, 6) is -0.707. The van der Waals surface area contributed by atoms with Gasteiger partial charge in [-0.05, 0) is 36.2 Å². The van der Waals surface area contributed by atoms with Crippen molar-refractivity contribution in [3.63, 3.8) is 0 Å². The summed E-state index contributed by atoms with van der Waals surface area (Å²) in [4.78, 5) is 38.7. The van der Waals surface area contributed by atoms with Gasteiger partial charge in [0.25, 0.3) is 17.7 Å². The molecule has 0 radical (unpaired) electrons. The van der Waals surface area contributed by atoms with Gasteiger partial charge in [-0.1, -0.05) is 19.1 Å². The molecule has 0 fully saturated rings. The Morgan fingerprint density at radius 1 is 1.12 bits per heavy atom. The third kappa shape index (κ3) is 4.14. The molecule has 0 spiro atoms. The van der Waals surface area contributed by atoms with Crippen molar-refractivity contribution in [1.29, 1.82) is 0 Å². The van der Waals surface area contributed by atoms with E-state index in [-0.39, 0.29) is 41.2 Å². The van der Waals surface area contributed by atoms with E-state index in [1.807, 2.05) is 19.1 Å². The van der Waals surface area contributed by atoms with Crippen LogP contribution in [0.3, 0.4) is 0 Å². The van der Waals surface area contributed by atoms with E-state index in [9.17, 15) is 19.5 Å². The molecule has 3 amide bonds. The van der Waals surface area contributed by atoms with Crippen molar-refractivity contribution in [1.82, 2.24) is 15.5 Å². The van der Waals surface area contributed by atoms with Crippen LogP contribution in [0.5, 0.6) is 17.2 Å². The number of benzene rings is 2. The standard InChI is InChI=1S/C23H24N4O6/c1-4-14(12-8-9-16-17(10-12)33-11-32-16)24-18-19(22(30)26-21(18)29)25-15-7-5-6-13(20(15)28)23(31)27(2)3/h5-10,14,28H,4,11H2,1-3H3,(H3,24,25,26,29,30). The number of rotatable bonds is 7. The van der Waals surface area contributed by atoms with Crippen LogP contribution in [0.4, 0.5) is 5.69 Å². The van der Waals surface area contributed by atoms with E-state index in [0.717, 1.165) is 5.56 Å². The molecule has 4 rings (SSSR count). The molecule has 2 aromatic rings. The Bertz CT molecular complexity index is 1170. The second-order valence-electron chi connectivity index (χ2n) is 7.78. The van der Waals surface area contributed by atoms with Crippen LogP contribution in [0.2, 0.25) is 0 Å². The van der Waals surface area contributed by atoms with E-state index >= 15 is 0 Å². The predicted octanol–water partition coefficient (Wildman–Crippen LogP) is 1.84. The maximum absolute atomic E-state index is 12.5. The number of imide groups is 1. The Labute approximate surface area is 190 Å². The summed E-state index contributed by atoms with van der Waals surface area (Å²) in [6, 6.07) is 9.73. The molecule has 10 heteroatoms. The first-order valence-corrected chi connectivity index (χ1v) is 10.4. The highest BCUT2D eigenvalue weighted by atomic mass is 16.7. The Kier molecular flexibility index (Phi) is 5.82. The molecule has 2 aliphatic heterocycles. The van der Waals surface area contributed by atoms with E-state index in [4.69, 9.17) is 9.47 Å². The molecule has 0 aliphatic carbocycles. The number of carbonyl (C=O) groups excluding carboxylic acids is 3. The Balaban J connectivity index is 1.65. The van der Waals surface area contributed by atoms with Crippen LogP contribution in [0.25, 0.3) is 0 Å². The van der Waals surface area contributed by atoms with Gasteiger partial charge < -0.3 is 30.1 Å². The van der Waals surface area contributed by atoms with Gasteiger partial charge in [0, 0.05) is 14.1 Å². The van der Waals surface area contributed by atoms with Crippen molar-refractivity contribution >= 4 is 23.4 Å². The van der Waals surface area contributed by atoms with E-state index in [2.05, 4.69) is 16.0 Å². The van der Waals surface area contributed by atoms with Crippen LogP contribution in [0, 0.1) is 0 Å². The number of para-hydroxylation sites is 1. The molecule has 0 aromatic heterocycles. The highest BCUT2D eigenvalue weighted by molar-refractivity contribution is 6.20. The lowest BCUT2D eigenvalue weighted by molar-refractivity contribution is -0.124. The number of nitrogens with zero attached hydrogens (tertiary/aromatic N) is 1. The summed E-state index contributed by atoms with van der Waals surface area (Å²) in [7, 11) is 3.13. The van der Waals surface area contributed by atoms with Crippen LogP contribution < -0.4 is 25.4 Å². The quantitative estimate of drug-likeness (QED) is 0.370. The minimum Gasteiger partial charge on any atom is -0.505 e. The fourth-order valence-electron chi connectivity index (χ4n) is 3.63. The topological polar surface area (TPSA) is 129 Å². The van der Waals surface area contributed by atoms with Crippen LogP contribution in [-0.2, 0) is 9.59 Å². The van der Waals surface area contributed by atoms with Gasteiger partial charge in [0.15, 0.2) is 17.2 Å². The Hall–Kier alpha value is -4.21. The van der Waals surface area contributed by atoms with Crippen molar-refractivity contribution in [3.8, 4) is 17.2 Å². The minimum absolute atomic E-state index is 0.0354. The molecule has 4 N–H and O–H groups in total. The minimum atomic E-state index is -0.647. The number of carbonyl (C=O) groups is 3. The zero-order chi connectivity index (χ0) is 23.7. The number of phenols is 1. The molecule has 1 unspecified atom stereocenters. The summed E-state index contributed by atoms with van der Waals surface area (Å²) in [5, 5.41) is 18.8. The molecule has 0 saturated carbocycles. The van der Waals surface area contributed by atoms with Gasteiger partial charge in [-0.15, -0.1) is 0 Å². The van der Waals surface area contributed by atoms with Gasteiger partial charge in [-0.25, -0.2) is 0 Å². The molecule has 172 valence electrons. The molecule has 2 aromatic carbocycles. The number of fused-ring (bicyclic) bond motifs is 1. The fourth-order valence-corrected chi connectivity index (χ4v) is 3.63. The largest absolute Gasteiger partial charge is 0.505 e. The van der Waals surface area contributed by atoms with Crippen LogP contribution in [-0.4, -0.2) is 48.6 Å². The Morgan fingerprint density at radius 3 is 2.58 bits per heavy atom. The SMILES string of the molecule is CCC(NC1=C(Nc2cccc(C(=O)N(C)C)c2O)C(=O)NC1=O)c1ccc2c(c1)OCO2. The molecule has 2 heterocycles. The first-order valence-electron chi connectivity index (χ1n) is 10.4. The van der Waals surface area contributed by atoms with Gasteiger partial charge in [0.1, 0.15) is 11.4 Å². The van der Waals surface area contributed by atoms with E-state index < -0.39 is 17.7 Å². The van der Waals surface area contributed by atoms with E-state index in [1.165, 1.54) is 17.0 Å². The maximum atomic E-state index is 12.5. The molecule has 33 heavy (non-hydrogen) atoms. The third-order valence-electron chi connectivity index (χ3n) is 5.39. The molecule has 2 aliphatic rings. The molecular weight excluding hydrogens is 428 g/mol. The summed E-state index contributed by atoms with van der Waals surface area (Å²) < 4.78 is 10.8. The monoisotopic (exact) mass is 452 g/mol. The van der Waals surface area contributed by atoms with Crippen LogP contribution in [0.15, 0.2) is 47.8 Å².